The van der Waals surface area contributed by atoms with Gasteiger partial charge in [-0.1, -0.05) is 6.58 Å². The van der Waals surface area contributed by atoms with Crippen LogP contribution in [0.2, 0.25) is 0 Å². The number of nitrogens with zero attached hydrogens (tertiary/aromatic N) is 4. The summed E-state index contributed by atoms with van der Waals surface area (Å²) in [5.41, 5.74) is 12.7. The van der Waals surface area contributed by atoms with Gasteiger partial charge in [0.15, 0.2) is 0 Å². The number of anilines is 3. The van der Waals surface area contributed by atoms with Crippen LogP contribution < -0.4 is 21.3 Å². The fourth-order valence-corrected chi connectivity index (χ4v) is 4.09. The van der Waals surface area contributed by atoms with Crippen LogP contribution in [-0.4, -0.2) is 58.3 Å². The van der Waals surface area contributed by atoms with Gasteiger partial charge in [-0.2, -0.15) is 0 Å². The van der Waals surface area contributed by atoms with E-state index >= 15 is 0 Å². The number of hydrogen-bond acceptors (Lipinski definition) is 8. The summed E-state index contributed by atoms with van der Waals surface area (Å²) in [6, 6.07) is 15.8. The van der Waals surface area contributed by atoms with Gasteiger partial charge in [-0.15, -0.1) is 0 Å². The van der Waals surface area contributed by atoms with Crippen molar-refractivity contribution >= 4 is 28.5 Å². The summed E-state index contributed by atoms with van der Waals surface area (Å²) in [5.74, 6) is 0. The van der Waals surface area contributed by atoms with Gasteiger partial charge in [-0.05, 0) is 72.7 Å². The van der Waals surface area contributed by atoms with Gasteiger partial charge in [-0.25, -0.2) is 9.98 Å². The third-order valence-corrected chi connectivity index (χ3v) is 6.10. The summed E-state index contributed by atoms with van der Waals surface area (Å²) in [4.78, 5) is 10.8. The molecule has 0 saturated carbocycles. The molecule has 0 radical (unpaired) electrons. The molecule has 38 heavy (non-hydrogen) atoms. The standard InChI is InChI=1S/C29H35N7O2/c1-22-19-27(30)29(34-25-7-9-26(10-8-25)36(15-17-37)16-18-38)20-28(22)33-24-5-3-23(4-6-24)32-11-2-13-35-14-12-31-21-35/h3-10,12,14,19-21,32,34,37-38H,1-2,11,13,15-18,30H2. The Bertz CT molecular complexity index is 1270. The summed E-state index contributed by atoms with van der Waals surface area (Å²) < 4.78 is 2.07. The number of aliphatic hydroxyl groups excluding tert-OH is 2. The first kappa shape index (κ1) is 26.7. The van der Waals surface area contributed by atoms with Gasteiger partial charge in [-0.3, -0.25) is 0 Å². The molecule has 1 aliphatic rings. The number of allylic oxidation sites excluding steroid dienone is 3. The van der Waals surface area contributed by atoms with Crippen LogP contribution >= 0.6 is 0 Å². The van der Waals surface area contributed by atoms with Gasteiger partial charge in [0.25, 0.3) is 0 Å². The van der Waals surface area contributed by atoms with E-state index < -0.39 is 0 Å². The molecule has 6 N–H and O–H groups in total. The van der Waals surface area contributed by atoms with Crippen molar-refractivity contribution in [1.29, 1.82) is 0 Å². The highest BCUT2D eigenvalue weighted by Crippen LogP contribution is 2.25. The van der Waals surface area contributed by atoms with E-state index in [0.29, 0.717) is 18.8 Å². The van der Waals surface area contributed by atoms with E-state index in [1.54, 1.807) is 6.20 Å². The van der Waals surface area contributed by atoms with Crippen LogP contribution in [0.1, 0.15) is 6.42 Å². The molecule has 1 aromatic heterocycles. The molecular weight excluding hydrogens is 478 g/mol. The van der Waals surface area contributed by atoms with Crippen molar-refractivity contribution in [2.75, 3.05) is 48.4 Å². The molecular formula is C29H35N7O2. The number of aryl methyl sites for hydroxylation is 1. The van der Waals surface area contributed by atoms with Gasteiger partial charge in [0.1, 0.15) is 0 Å². The highest BCUT2D eigenvalue weighted by atomic mass is 16.3. The molecule has 0 bridgehead atoms. The Morgan fingerprint density at radius 1 is 0.974 bits per heavy atom. The van der Waals surface area contributed by atoms with Crippen LogP contribution in [0.25, 0.3) is 0 Å². The number of hydrogen-bond donors (Lipinski definition) is 5. The fourth-order valence-electron chi connectivity index (χ4n) is 4.09. The third-order valence-electron chi connectivity index (χ3n) is 6.10. The number of aromatic nitrogens is 2. The highest BCUT2D eigenvalue weighted by Gasteiger charge is 2.14. The lowest BCUT2D eigenvalue weighted by Crippen LogP contribution is -2.29. The van der Waals surface area contributed by atoms with E-state index in [1.807, 2.05) is 78.1 Å². The zero-order valence-corrected chi connectivity index (χ0v) is 21.4. The minimum Gasteiger partial charge on any atom is -0.397 e. The first-order valence-electron chi connectivity index (χ1n) is 12.7. The van der Waals surface area contributed by atoms with Crippen molar-refractivity contribution in [2.45, 2.75) is 13.0 Å². The molecule has 9 heteroatoms. The SMILES string of the molecule is C=C1C=C(N)C(Nc2ccc(N(CCO)CCO)cc2)=CC1=Nc1ccc(NCCCn2ccnc2)cc1. The van der Waals surface area contributed by atoms with Gasteiger partial charge < -0.3 is 36.0 Å². The number of aliphatic hydroxyl groups is 2. The quantitative estimate of drug-likeness (QED) is 0.221. The van der Waals surface area contributed by atoms with Gasteiger partial charge in [0, 0.05) is 55.6 Å². The molecule has 9 nitrogen and oxygen atoms in total. The first-order chi connectivity index (χ1) is 18.6. The topological polar surface area (TPSA) is 124 Å². The highest BCUT2D eigenvalue weighted by molar-refractivity contribution is 6.13. The summed E-state index contributed by atoms with van der Waals surface area (Å²) in [6.45, 7) is 6.86. The van der Waals surface area contributed by atoms with E-state index in [2.05, 4.69) is 26.8 Å². The number of nitrogens with two attached hydrogens (primary N) is 1. The second kappa shape index (κ2) is 13.3. The number of nitrogens with one attached hydrogen (secondary N) is 2. The monoisotopic (exact) mass is 513 g/mol. The first-order valence-corrected chi connectivity index (χ1v) is 12.7. The zero-order chi connectivity index (χ0) is 26.7. The molecule has 0 amide bonds. The van der Waals surface area contributed by atoms with Crippen molar-refractivity contribution in [3.63, 3.8) is 0 Å². The molecule has 2 aromatic carbocycles. The molecule has 198 valence electrons. The Balaban J connectivity index is 1.38. The predicted octanol–water partition coefficient (Wildman–Crippen LogP) is 3.66. The number of rotatable bonds is 13. The average molecular weight is 514 g/mol. The fraction of sp³-hybridized carbons (Fsp3) is 0.241. The minimum absolute atomic E-state index is 0.0203. The van der Waals surface area contributed by atoms with E-state index in [9.17, 15) is 10.2 Å². The van der Waals surface area contributed by atoms with Crippen molar-refractivity contribution in [1.82, 2.24) is 9.55 Å². The van der Waals surface area contributed by atoms with Crippen molar-refractivity contribution in [3.8, 4) is 0 Å². The maximum atomic E-state index is 9.28. The Hall–Kier alpha value is -4.34. The van der Waals surface area contributed by atoms with Crippen molar-refractivity contribution < 1.29 is 10.2 Å². The van der Waals surface area contributed by atoms with E-state index in [-0.39, 0.29) is 13.2 Å². The summed E-state index contributed by atoms with van der Waals surface area (Å²) in [7, 11) is 0. The van der Waals surface area contributed by atoms with E-state index in [4.69, 9.17) is 10.7 Å². The van der Waals surface area contributed by atoms with E-state index in [1.165, 1.54) is 0 Å². The summed E-state index contributed by atoms with van der Waals surface area (Å²) in [5, 5.41) is 25.3. The maximum Gasteiger partial charge on any atom is 0.0945 e. The number of imidazole rings is 1. The van der Waals surface area contributed by atoms with Crippen molar-refractivity contribution in [3.05, 3.63) is 103 Å². The van der Waals surface area contributed by atoms with Crippen LogP contribution in [-0.2, 0) is 6.54 Å². The molecule has 4 rings (SSSR count). The molecule has 0 unspecified atom stereocenters. The van der Waals surface area contributed by atoms with E-state index in [0.717, 1.165) is 59.2 Å². The molecule has 0 atom stereocenters. The second-order valence-corrected chi connectivity index (χ2v) is 8.91. The zero-order valence-electron chi connectivity index (χ0n) is 21.4. The largest absolute Gasteiger partial charge is 0.397 e. The Morgan fingerprint density at radius 2 is 1.68 bits per heavy atom. The minimum atomic E-state index is 0.0203. The lowest BCUT2D eigenvalue weighted by atomic mass is 10.0. The van der Waals surface area contributed by atoms with Crippen LogP contribution in [0.15, 0.2) is 108 Å². The molecule has 0 saturated heterocycles. The Kier molecular flexibility index (Phi) is 9.33. The lowest BCUT2D eigenvalue weighted by molar-refractivity contribution is 0.281. The van der Waals surface area contributed by atoms with Crippen LogP contribution in [0, 0.1) is 0 Å². The molecule has 0 aliphatic heterocycles. The lowest BCUT2D eigenvalue weighted by Gasteiger charge is -2.23. The molecule has 3 aromatic rings. The van der Waals surface area contributed by atoms with Crippen LogP contribution in [0.5, 0.6) is 0 Å². The molecule has 1 heterocycles. The predicted molar refractivity (Wildman–Crippen MR) is 155 cm³/mol. The van der Waals surface area contributed by atoms with Gasteiger partial charge in [0.2, 0.25) is 0 Å². The average Bonchev–Trinajstić information content (AvgIpc) is 3.44. The summed E-state index contributed by atoms with van der Waals surface area (Å²) >= 11 is 0. The third kappa shape index (κ3) is 7.34. The number of aliphatic imine (C=N–C) groups is 1. The van der Waals surface area contributed by atoms with Crippen LogP contribution in [0.4, 0.5) is 22.7 Å². The molecule has 1 aliphatic carbocycles. The molecule has 0 spiro atoms. The van der Waals surface area contributed by atoms with Gasteiger partial charge >= 0.3 is 0 Å². The Labute approximate surface area is 223 Å². The van der Waals surface area contributed by atoms with Crippen molar-refractivity contribution in [2.24, 2.45) is 10.7 Å². The number of benzene rings is 2. The summed E-state index contributed by atoms with van der Waals surface area (Å²) in [6.07, 6.45) is 10.3. The maximum absolute atomic E-state index is 9.28. The van der Waals surface area contributed by atoms with Gasteiger partial charge in [0.05, 0.1) is 42.3 Å². The smallest absolute Gasteiger partial charge is 0.0945 e. The normalized spacial score (nSPS) is 14.3. The van der Waals surface area contributed by atoms with Crippen LogP contribution in [0.3, 0.4) is 0 Å². The Morgan fingerprint density at radius 3 is 2.34 bits per heavy atom. The second-order valence-electron chi connectivity index (χ2n) is 8.91. The molecule has 0 fully saturated rings.